The number of ketones is 1. The van der Waals surface area contributed by atoms with E-state index in [9.17, 15) is 4.79 Å². The minimum Gasteiger partial charge on any atom is -0.494 e. The molecule has 1 aliphatic carbocycles. The van der Waals surface area contributed by atoms with Gasteiger partial charge in [0.15, 0.2) is 5.78 Å². The van der Waals surface area contributed by atoms with E-state index in [1.54, 1.807) is 0 Å². The number of likely N-dealkylation sites (N-methyl/N-ethyl adjacent to an activating group) is 1. The van der Waals surface area contributed by atoms with Gasteiger partial charge in [0, 0.05) is 11.6 Å². The molecule has 0 heterocycles. The summed E-state index contributed by atoms with van der Waals surface area (Å²) in [4.78, 5) is 14.4. The molecule has 0 unspecified atom stereocenters. The topological polar surface area (TPSA) is 29.5 Å². The SMILES string of the molecule is CCOc1ccc(C(=O)CN(C)C2CCCC2)cc1. The van der Waals surface area contributed by atoms with E-state index in [0.717, 1.165) is 11.3 Å². The maximum atomic E-state index is 12.2. The van der Waals surface area contributed by atoms with Gasteiger partial charge in [-0.1, -0.05) is 12.8 Å². The fraction of sp³-hybridized carbons (Fsp3) is 0.562. The van der Waals surface area contributed by atoms with Crippen LogP contribution in [0, 0.1) is 0 Å². The van der Waals surface area contributed by atoms with E-state index < -0.39 is 0 Å². The number of hydrogen-bond acceptors (Lipinski definition) is 3. The normalized spacial score (nSPS) is 15.9. The van der Waals surface area contributed by atoms with Crippen molar-refractivity contribution in [2.24, 2.45) is 0 Å². The molecule has 0 N–H and O–H groups in total. The van der Waals surface area contributed by atoms with Gasteiger partial charge in [0.1, 0.15) is 5.75 Å². The first-order valence-corrected chi connectivity index (χ1v) is 7.17. The molecule has 0 spiro atoms. The predicted octanol–water partition coefficient (Wildman–Crippen LogP) is 3.14. The van der Waals surface area contributed by atoms with Crippen LogP contribution in [0.2, 0.25) is 0 Å². The average Bonchev–Trinajstić information content (AvgIpc) is 2.94. The van der Waals surface area contributed by atoms with Crippen LogP contribution in [-0.4, -0.2) is 36.9 Å². The fourth-order valence-electron chi connectivity index (χ4n) is 2.70. The lowest BCUT2D eigenvalue weighted by atomic mass is 10.1. The first kappa shape index (κ1) is 14.1. The number of hydrogen-bond donors (Lipinski definition) is 0. The monoisotopic (exact) mass is 261 g/mol. The van der Waals surface area contributed by atoms with E-state index in [2.05, 4.69) is 11.9 Å². The van der Waals surface area contributed by atoms with E-state index in [4.69, 9.17) is 4.74 Å². The van der Waals surface area contributed by atoms with Gasteiger partial charge in [0.25, 0.3) is 0 Å². The van der Waals surface area contributed by atoms with Crippen LogP contribution < -0.4 is 4.74 Å². The van der Waals surface area contributed by atoms with E-state index in [-0.39, 0.29) is 5.78 Å². The molecule has 19 heavy (non-hydrogen) atoms. The van der Waals surface area contributed by atoms with Gasteiger partial charge < -0.3 is 4.74 Å². The third kappa shape index (κ3) is 3.80. The van der Waals surface area contributed by atoms with Crippen LogP contribution in [0.3, 0.4) is 0 Å². The molecule has 0 bridgehead atoms. The van der Waals surface area contributed by atoms with Crippen molar-refractivity contribution < 1.29 is 9.53 Å². The summed E-state index contributed by atoms with van der Waals surface area (Å²) in [7, 11) is 2.06. The zero-order valence-electron chi connectivity index (χ0n) is 11.9. The van der Waals surface area contributed by atoms with E-state index in [0.29, 0.717) is 19.2 Å². The van der Waals surface area contributed by atoms with Crippen molar-refractivity contribution in [3.05, 3.63) is 29.8 Å². The summed E-state index contributed by atoms with van der Waals surface area (Å²) in [6.45, 7) is 3.12. The van der Waals surface area contributed by atoms with Gasteiger partial charge in [0.2, 0.25) is 0 Å². The Balaban J connectivity index is 1.91. The molecule has 0 aromatic heterocycles. The maximum absolute atomic E-state index is 12.2. The van der Waals surface area contributed by atoms with Crippen molar-refractivity contribution in [2.45, 2.75) is 38.6 Å². The summed E-state index contributed by atoms with van der Waals surface area (Å²) >= 11 is 0. The Morgan fingerprint density at radius 1 is 1.26 bits per heavy atom. The highest BCUT2D eigenvalue weighted by Crippen LogP contribution is 2.22. The summed E-state index contributed by atoms with van der Waals surface area (Å²) in [5.41, 5.74) is 0.772. The minimum atomic E-state index is 0.192. The molecular formula is C16H23NO2. The molecule has 1 saturated carbocycles. The van der Waals surface area contributed by atoms with Crippen LogP contribution in [-0.2, 0) is 0 Å². The Labute approximate surface area is 115 Å². The van der Waals surface area contributed by atoms with Crippen LogP contribution in [0.25, 0.3) is 0 Å². The highest BCUT2D eigenvalue weighted by molar-refractivity contribution is 5.97. The molecule has 1 aromatic carbocycles. The molecule has 0 radical (unpaired) electrons. The van der Waals surface area contributed by atoms with Crippen LogP contribution in [0.15, 0.2) is 24.3 Å². The van der Waals surface area contributed by atoms with Crippen molar-refractivity contribution in [2.75, 3.05) is 20.2 Å². The summed E-state index contributed by atoms with van der Waals surface area (Å²) in [6, 6.07) is 8.04. The molecule has 0 atom stereocenters. The Morgan fingerprint density at radius 3 is 2.47 bits per heavy atom. The van der Waals surface area contributed by atoms with Crippen LogP contribution >= 0.6 is 0 Å². The fourth-order valence-corrected chi connectivity index (χ4v) is 2.70. The van der Waals surface area contributed by atoms with Crippen molar-refractivity contribution >= 4 is 5.78 Å². The van der Waals surface area contributed by atoms with E-state index in [1.807, 2.05) is 31.2 Å². The number of carbonyl (C=O) groups is 1. The minimum absolute atomic E-state index is 0.192. The number of benzene rings is 1. The zero-order chi connectivity index (χ0) is 13.7. The quantitative estimate of drug-likeness (QED) is 0.737. The number of Topliss-reactive ketones (excluding diaryl/α,β-unsaturated/α-hetero) is 1. The zero-order valence-corrected chi connectivity index (χ0v) is 11.9. The van der Waals surface area contributed by atoms with Gasteiger partial charge in [0.05, 0.1) is 13.2 Å². The van der Waals surface area contributed by atoms with Crippen LogP contribution in [0.5, 0.6) is 5.75 Å². The Bertz CT molecular complexity index is 407. The van der Waals surface area contributed by atoms with Crippen LogP contribution in [0.4, 0.5) is 0 Å². The summed E-state index contributed by atoms with van der Waals surface area (Å²) in [5.74, 6) is 1.01. The molecule has 3 nitrogen and oxygen atoms in total. The Kier molecular flexibility index (Phi) is 4.97. The molecule has 2 rings (SSSR count). The summed E-state index contributed by atoms with van der Waals surface area (Å²) in [6.07, 6.45) is 5.05. The summed E-state index contributed by atoms with van der Waals surface area (Å²) in [5, 5.41) is 0. The molecule has 1 fully saturated rings. The standard InChI is InChI=1S/C16H23NO2/c1-3-19-15-10-8-13(9-11-15)16(18)12-17(2)14-6-4-5-7-14/h8-11,14H,3-7,12H2,1-2H3. The third-order valence-electron chi connectivity index (χ3n) is 3.83. The van der Waals surface area contributed by atoms with Crippen molar-refractivity contribution in [1.82, 2.24) is 4.90 Å². The second kappa shape index (κ2) is 6.71. The van der Waals surface area contributed by atoms with Gasteiger partial charge in [-0.3, -0.25) is 9.69 Å². The third-order valence-corrected chi connectivity index (χ3v) is 3.83. The van der Waals surface area contributed by atoms with Crippen molar-refractivity contribution in [3.8, 4) is 5.75 Å². The number of ether oxygens (including phenoxy) is 1. The Morgan fingerprint density at radius 2 is 1.89 bits per heavy atom. The lowest BCUT2D eigenvalue weighted by Gasteiger charge is -2.23. The molecule has 3 heteroatoms. The van der Waals surface area contributed by atoms with Crippen molar-refractivity contribution in [3.63, 3.8) is 0 Å². The summed E-state index contributed by atoms with van der Waals surface area (Å²) < 4.78 is 5.38. The maximum Gasteiger partial charge on any atom is 0.176 e. The largest absolute Gasteiger partial charge is 0.494 e. The first-order chi connectivity index (χ1) is 9.20. The Hall–Kier alpha value is -1.35. The van der Waals surface area contributed by atoms with Gasteiger partial charge in [-0.05, 0) is 51.1 Å². The van der Waals surface area contributed by atoms with Crippen molar-refractivity contribution in [1.29, 1.82) is 0 Å². The average molecular weight is 261 g/mol. The predicted molar refractivity (Wildman–Crippen MR) is 76.8 cm³/mol. The second-order valence-electron chi connectivity index (χ2n) is 5.23. The highest BCUT2D eigenvalue weighted by atomic mass is 16.5. The molecule has 1 aromatic rings. The molecule has 1 aliphatic rings. The van der Waals surface area contributed by atoms with Gasteiger partial charge in [-0.25, -0.2) is 0 Å². The van der Waals surface area contributed by atoms with Crippen LogP contribution in [0.1, 0.15) is 43.0 Å². The van der Waals surface area contributed by atoms with Gasteiger partial charge in [-0.2, -0.15) is 0 Å². The highest BCUT2D eigenvalue weighted by Gasteiger charge is 2.21. The molecular weight excluding hydrogens is 238 g/mol. The molecule has 0 amide bonds. The van der Waals surface area contributed by atoms with Gasteiger partial charge >= 0.3 is 0 Å². The first-order valence-electron chi connectivity index (χ1n) is 7.17. The number of nitrogens with zero attached hydrogens (tertiary/aromatic N) is 1. The van der Waals surface area contributed by atoms with E-state index in [1.165, 1.54) is 25.7 Å². The molecule has 104 valence electrons. The number of carbonyl (C=O) groups excluding carboxylic acids is 1. The van der Waals surface area contributed by atoms with Gasteiger partial charge in [-0.15, -0.1) is 0 Å². The number of rotatable bonds is 6. The van der Waals surface area contributed by atoms with E-state index >= 15 is 0 Å². The lowest BCUT2D eigenvalue weighted by molar-refractivity contribution is 0.0921. The molecule has 0 aliphatic heterocycles. The lowest BCUT2D eigenvalue weighted by Crippen LogP contribution is -2.34. The second-order valence-corrected chi connectivity index (χ2v) is 5.23. The smallest absolute Gasteiger partial charge is 0.176 e. The molecule has 0 saturated heterocycles.